The molecule has 0 spiro atoms. The second-order valence-electron chi connectivity index (χ2n) is 6.63. The van der Waals surface area contributed by atoms with Crippen molar-refractivity contribution >= 4 is 17.8 Å². The van der Waals surface area contributed by atoms with E-state index in [4.69, 9.17) is 5.11 Å². The van der Waals surface area contributed by atoms with Crippen molar-refractivity contribution in [2.24, 2.45) is 0 Å². The fraction of sp³-hybridized carbons (Fsp3) is 0.526. The first kappa shape index (κ1) is 19.0. The third-order valence-corrected chi connectivity index (χ3v) is 4.98. The van der Waals surface area contributed by atoms with Gasteiger partial charge in [-0.2, -0.15) is 0 Å². The molecule has 0 bridgehead atoms. The van der Waals surface area contributed by atoms with Crippen LogP contribution in [0.4, 0.5) is 0 Å². The van der Waals surface area contributed by atoms with Gasteiger partial charge in [-0.1, -0.05) is 26.0 Å². The highest BCUT2D eigenvalue weighted by Crippen LogP contribution is 2.21. The Labute approximate surface area is 148 Å². The summed E-state index contributed by atoms with van der Waals surface area (Å²) in [5, 5.41) is 12.0. The summed E-state index contributed by atoms with van der Waals surface area (Å²) in [7, 11) is 0. The number of aliphatic carboxylic acids is 1. The summed E-state index contributed by atoms with van der Waals surface area (Å²) in [4.78, 5) is 37.1. The zero-order chi connectivity index (χ0) is 18.4. The molecule has 1 fully saturated rings. The van der Waals surface area contributed by atoms with Crippen LogP contribution < -0.4 is 5.32 Å². The maximum atomic E-state index is 12.5. The number of nitrogens with one attached hydrogen (secondary N) is 1. The zero-order valence-corrected chi connectivity index (χ0v) is 14.9. The highest BCUT2D eigenvalue weighted by molar-refractivity contribution is 5.95. The van der Waals surface area contributed by atoms with Crippen LogP contribution in [0.5, 0.6) is 0 Å². The Morgan fingerprint density at radius 2 is 1.84 bits per heavy atom. The van der Waals surface area contributed by atoms with Crippen LogP contribution in [0.2, 0.25) is 0 Å². The molecule has 136 valence electrons. The Kier molecular flexibility index (Phi) is 6.17. The number of carboxylic acids is 1. The molecule has 0 unspecified atom stereocenters. The molecule has 1 aromatic rings. The van der Waals surface area contributed by atoms with E-state index in [1.165, 1.54) is 0 Å². The van der Waals surface area contributed by atoms with Gasteiger partial charge in [-0.25, -0.2) is 0 Å². The third-order valence-electron chi connectivity index (χ3n) is 4.98. The first-order valence-electron chi connectivity index (χ1n) is 8.80. The van der Waals surface area contributed by atoms with Crippen LogP contribution in [0, 0.1) is 0 Å². The van der Waals surface area contributed by atoms with Gasteiger partial charge in [-0.15, -0.1) is 0 Å². The lowest BCUT2D eigenvalue weighted by molar-refractivity contribution is -0.138. The number of hydrogen-bond acceptors (Lipinski definition) is 3. The summed E-state index contributed by atoms with van der Waals surface area (Å²) in [6.45, 7) is 5.10. The van der Waals surface area contributed by atoms with Gasteiger partial charge < -0.3 is 15.3 Å². The van der Waals surface area contributed by atoms with Crippen molar-refractivity contribution in [2.45, 2.75) is 58.0 Å². The van der Waals surface area contributed by atoms with E-state index in [9.17, 15) is 14.4 Å². The Hall–Kier alpha value is -2.37. The van der Waals surface area contributed by atoms with Crippen LogP contribution in [0.25, 0.3) is 0 Å². The molecule has 2 N–H and O–H groups in total. The van der Waals surface area contributed by atoms with E-state index in [0.29, 0.717) is 31.4 Å². The molecule has 25 heavy (non-hydrogen) atoms. The van der Waals surface area contributed by atoms with E-state index in [-0.39, 0.29) is 18.2 Å². The first-order chi connectivity index (χ1) is 11.9. The average molecular weight is 346 g/mol. The largest absolute Gasteiger partial charge is 0.481 e. The second-order valence-corrected chi connectivity index (χ2v) is 6.63. The average Bonchev–Trinajstić information content (AvgIpc) is 2.99. The van der Waals surface area contributed by atoms with Crippen molar-refractivity contribution in [3.05, 3.63) is 35.4 Å². The number of carbonyl (C=O) groups is 3. The SMILES string of the molecule is CCC(CC)(CC(=O)O)NC(=O)c1ccc(CN2CCCC2=O)cc1. The number of nitrogens with zero attached hydrogens (tertiary/aromatic N) is 1. The predicted octanol–water partition coefficient (Wildman–Crippen LogP) is 2.57. The van der Waals surface area contributed by atoms with Crippen molar-refractivity contribution in [3.8, 4) is 0 Å². The molecule has 0 aromatic heterocycles. The minimum Gasteiger partial charge on any atom is -0.481 e. The molecule has 2 amide bonds. The second kappa shape index (κ2) is 8.14. The van der Waals surface area contributed by atoms with Crippen molar-refractivity contribution in [2.75, 3.05) is 6.54 Å². The number of benzene rings is 1. The Morgan fingerprint density at radius 3 is 2.32 bits per heavy atom. The molecule has 1 aliphatic rings. The van der Waals surface area contributed by atoms with Gasteiger partial charge in [-0.3, -0.25) is 14.4 Å². The molecule has 6 nitrogen and oxygen atoms in total. The molecule has 1 aliphatic heterocycles. The van der Waals surface area contributed by atoms with Gasteiger partial charge in [0.1, 0.15) is 0 Å². The van der Waals surface area contributed by atoms with Gasteiger partial charge in [0, 0.05) is 25.1 Å². The summed E-state index contributed by atoms with van der Waals surface area (Å²) in [5.41, 5.74) is 0.742. The summed E-state index contributed by atoms with van der Waals surface area (Å²) >= 11 is 0. The van der Waals surface area contributed by atoms with Gasteiger partial charge in [0.15, 0.2) is 0 Å². The fourth-order valence-corrected chi connectivity index (χ4v) is 3.18. The zero-order valence-electron chi connectivity index (χ0n) is 14.9. The van der Waals surface area contributed by atoms with Crippen LogP contribution >= 0.6 is 0 Å². The highest BCUT2D eigenvalue weighted by atomic mass is 16.4. The minimum absolute atomic E-state index is 0.0963. The number of carboxylic acid groups (broad SMARTS) is 1. The quantitative estimate of drug-likeness (QED) is 0.757. The van der Waals surface area contributed by atoms with E-state index in [2.05, 4.69) is 5.32 Å². The molecular weight excluding hydrogens is 320 g/mol. The van der Waals surface area contributed by atoms with Gasteiger partial charge in [-0.05, 0) is 37.0 Å². The van der Waals surface area contributed by atoms with Crippen molar-refractivity contribution < 1.29 is 19.5 Å². The normalized spacial score (nSPS) is 14.6. The van der Waals surface area contributed by atoms with Gasteiger partial charge in [0.05, 0.1) is 12.0 Å². The number of rotatable bonds is 8. The number of amides is 2. The van der Waals surface area contributed by atoms with E-state index < -0.39 is 11.5 Å². The van der Waals surface area contributed by atoms with E-state index >= 15 is 0 Å². The van der Waals surface area contributed by atoms with Crippen LogP contribution in [0.1, 0.15) is 61.9 Å². The number of carbonyl (C=O) groups excluding carboxylic acids is 2. The van der Waals surface area contributed by atoms with Crippen LogP contribution in [0.15, 0.2) is 24.3 Å². The summed E-state index contributed by atoms with van der Waals surface area (Å²) < 4.78 is 0. The van der Waals surface area contributed by atoms with Crippen molar-refractivity contribution in [1.29, 1.82) is 0 Å². The van der Waals surface area contributed by atoms with Gasteiger partial charge in [0.2, 0.25) is 5.91 Å². The molecule has 1 aromatic carbocycles. The monoisotopic (exact) mass is 346 g/mol. The highest BCUT2D eigenvalue weighted by Gasteiger charge is 2.31. The van der Waals surface area contributed by atoms with Crippen LogP contribution in [0.3, 0.4) is 0 Å². The molecule has 6 heteroatoms. The lowest BCUT2D eigenvalue weighted by Gasteiger charge is -2.31. The lowest BCUT2D eigenvalue weighted by atomic mass is 9.88. The van der Waals surface area contributed by atoms with Gasteiger partial charge >= 0.3 is 5.97 Å². The summed E-state index contributed by atoms with van der Waals surface area (Å²) in [6, 6.07) is 7.14. The topological polar surface area (TPSA) is 86.7 Å². The molecule has 0 saturated carbocycles. The maximum absolute atomic E-state index is 12.5. The molecule has 0 radical (unpaired) electrons. The molecule has 0 aliphatic carbocycles. The minimum atomic E-state index is -0.922. The van der Waals surface area contributed by atoms with E-state index in [1.54, 1.807) is 12.1 Å². The Balaban J connectivity index is 2.03. The predicted molar refractivity (Wildman–Crippen MR) is 94.1 cm³/mol. The van der Waals surface area contributed by atoms with Crippen molar-refractivity contribution in [1.82, 2.24) is 10.2 Å². The standard InChI is InChI=1S/C19H26N2O4/c1-3-19(4-2,12-17(23)24)20-18(25)15-9-7-14(8-10-15)13-21-11-5-6-16(21)22/h7-10H,3-6,11-13H2,1-2H3,(H,20,25)(H,23,24). The molecular formula is C19H26N2O4. The van der Waals surface area contributed by atoms with Crippen LogP contribution in [-0.2, 0) is 16.1 Å². The smallest absolute Gasteiger partial charge is 0.305 e. The fourth-order valence-electron chi connectivity index (χ4n) is 3.18. The van der Waals surface area contributed by atoms with Crippen molar-refractivity contribution in [3.63, 3.8) is 0 Å². The molecule has 1 saturated heterocycles. The van der Waals surface area contributed by atoms with E-state index in [1.807, 2.05) is 30.9 Å². The maximum Gasteiger partial charge on any atom is 0.305 e. The summed E-state index contributed by atoms with van der Waals surface area (Å²) in [5.74, 6) is -1.02. The Bertz CT molecular complexity index is 635. The molecule has 2 rings (SSSR count). The number of hydrogen-bond donors (Lipinski definition) is 2. The Morgan fingerprint density at radius 1 is 1.20 bits per heavy atom. The molecule has 1 heterocycles. The van der Waals surface area contributed by atoms with Gasteiger partial charge in [0.25, 0.3) is 5.91 Å². The van der Waals surface area contributed by atoms with E-state index in [0.717, 1.165) is 18.5 Å². The summed E-state index contributed by atoms with van der Waals surface area (Å²) in [6.07, 6.45) is 2.52. The third kappa shape index (κ3) is 4.81. The first-order valence-corrected chi connectivity index (χ1v) is 8.80. The number of likely N-dealkylation sites (tertiary alicyclic amines) is 1. The molecule has 0 atom stereocenters. The lowest BCUT2D eigenvalue weighted by Crippen LogP contribution is -2.49. The van der Waals surface area contributed by atoms with Crippen LogP contribution in [-0.4, -0.2) is 39.9 Å².